The molecule has 1 aliphatic heterocycles. The van der Waals surface area contributed by atoms with Crippen LogP contribution in [0.5, 0.6) is 0 Å². The topological polar surface area (TPSA) is 86.7 Å². The van der Waals surface area contributed by atoms with Crippen LogP contribution in [0.2, 0.25) is 0 Å². The second kappa shape index (κ2) is 6.02. The number of nitrogens with zero attached hydrogens (tertiary/aromatic N) is 1. The van der Waals surface area contributed by atoms with E-state index in [1.54, 1.807) is 12.1 Å². The number of rotatable bonds is 3. The normalized spacial score (nSPS) is 13.7. The van der Waals surface area contributed by atoms with Crippen molar-refractivity contribution in [1.29, 1.82) is 0 Å². The second-order valence-corrected chi connectivity index (χ2v) is 5.27. The third-order valence-corrected chi connectivity index (χ3v) is 3.60. The fourth-order valence-electron chi connectivity index (χ4n) is 2.46. The summed E-state index contributed by atoms with van der Waals surface area (Å²) in [4.78, 5) is 35.4. The first-order valence-electron chi connectivity index (χ1n) is 7.07. The van der Waals surface area contributed by atoms with Gasteiger partial charge in [0.05, 0.1) is 12.8 Å². The van der Waals surface area contributed by atoms with Gasteiger partial charge in [-0.15, -0.1) is 0 Å². The van der Waals surface area contributed by atoms with Gasteiger partial charge >= 0.3 is 0 Å². The molecule has 0 aromatic heterocycles. The minimum Gasteiger partial charge on any atom is -0.326 e. The van der Waals surface area contributed by atoms with Crippen LogP contribution in [-0.4, -0.2) is 28.0 Å². The summed E-state index contributed by atoms with van der Waals surface area (Å²) in [5, 5.41) is 12.2. The number of hydrogen-bond acceptors (Lipinski definition) is 4. The molecule has 0 radical (unpaired) electrons. The van der Waals surface area contributed by atoms with E-state index in [0.717, 1.165) is 5.56 Å². The van der Waals surface area contributed by atoms with E-state index in [1.165, 1.54) is 6.07 Å². The van der Waals surface area contributed by atoms with Gasteiger partial charge in [0.1, 0.15) is 0 Å². The summed E-state index contributed by atoms with van der Waals surface area (Å²) >= 11 is 0. The monoisotopic (exact) mass is 310 g/mol. The third-order valence-electron chi connectivity index (χ3n) is 3.60. The Balaban J connectivity index is 1.76. The highest BCUT2D eigenvalue weighted by Crippen LogP contribution is 2.22. The van der Waals surface area contributed by atoms with Gasteiger partial charge in [-0.25, -0.2) is 0 Å². The Morgan fingerprint density at radius 1 is 1.13 bits per heavy atom. The maximum atomic E-state index is 12.0. The number of hydroxylamine groups is 2. The molecule has 23 heavy (non-hydrogen) atoms. The van der Waals surface area contributed by atoms with E-state index in [-0.39, 0.29) is 29.4 Å². The number of amides is 3. The third kappa shape index (κ3) is 3.12. The lowest BCUT2D eigenvalue weighted by atomic mass is 9.99. The standard InChI is InChI=1S/C17H14N2O4/c20-15(8-11-4-2-1-3-5-11)18-13-7-6-12-9-16(21)19(23)17(22)14(12)10-13/h1-7,10,23H,8-9H2,(H,18,20). The highest BCUT2D eigenvalue weighted by atomic mass is 16.5. The number of nitrogens with one attached hydrogen (secondary N) is 1. The molecule has 0 bridgehead atoms. The molecule has 2 aromatic rings. The van der Waals surface area contributed by atoms with Crippen molar-refractivity contribution in [3.05, 3.63) is 65.2 Å². The van der Waals surface area contributed by atoms with Gasteiger partial charge in [-0.1, -0.05) is 36.4 Å². The van der Waals surface area contributed by atoms with E-state index in [9.17, 15) is 19.6 Å². The predicted octanol–water partition coefficient (Wildman–Crippen LogP) is 1.78. The van der Waals surface area contributed by atoms with E-state index in [1.807, 2.05) is 30.3 Å². The molecular formula is C17H14N2O4. The van der Waals surface area contributed by atoms with Gasteiger partial charge in [-0.3, -0.25) is 19.6 Å². The van der Waals surface area contributed by atoms with Gasteiger partial charge in [0.2, 0.25) is 5.91 Å². The van der Waals surface area contributed by atoms with Gasteiger partial charge in [-0.05, 0) is 23.3 Å². The second-order valence-electron chi connectivity index (χ2n) is 5.27. The van der Waals surface area contributed by atoms with Crippen LogP contribution in [0, 0.1) is 0 Å². The van der Waals surface area contributed by atoms with Crippen molar-refractivity contribution in [1.82, 2.24) is 5.06 Å². The molecule has 0 aliphatic carbocycles. The summed E-state index contributed by atoms with van der Waals surface area (Å²) in [5.74, 6) is -1.66. The van der Waals surface area contributed by atoms with Crippen molar-refractivity contribution in [3.8, 4) is 0 Å². The molecule has 2 aromatic carbocycles. The average Bonchev–Trinajstić information content (AvgIpc) is 2.54. The van der Waals surface area contributed by atoms with Crippen molar-refractivity contribution >= 4 is 23.4 Å². The van der Waals surface area contributed by atoms with Crippen molar-refractivity contribution in [2.45, 2.75) is 12.8 Å². The molecule has 0 spiro atoms. The Morgan fingerprint density at radius 3 is 2.61 bits per heavy atom. The maximum absolute atomic E-state index is 12.0. The summed E-state index contributed by atoms with van der Waals surface area (Å²) in [6.07, 6.45) is 0.173. The Morgan fingerprint density at radius 2 is 1.87 bits per heavy atom. The minimum atomic E-state index is -0.782. The summed E-state index contributed by atoms with van der Waals surface area (Å²) < 4.78 is 0. The molecule has 116 valence electrons. The lowest BCUT2D eigenvalue weighted by molar-refractivity contribution is -0.154. The Kier molecular flexibility index (Phi) is 3.91. The molecule has 0 saturated carbocycles. The van der Waals surface area contributed by atoms with Crippen LogP contribution in [0.15, 0.2) is 48.5 Å². The number of hydrogen-bond donors (Lipinski definition) is 2. The van der Waals surface area contributed by atoms with Gasteiger partial charge in [0, 0.05) is 11.3 Å². The number of imide groups is 1. The minimum absolute atomic E-state index is 0.0458. The van der Waals surface area contributed by atoms with Gasteiger partial charge in [0.25, 0.3) is 11.8 Å². The van der Waals surface area contributed by atoms with E-state index < -0.39 is 11.8 Å². The molecule has 1 heterocycles. The molecule has 0 saturated heterocycles. The lowest BCUT2D eigenvalue weighted by Gasteiger charge is -2.21. The molecule has 3 amide bonds. The van der Waals surface area contributed by atoms with Crippen LogP contribution in [0.3, 0.4) is 0 Å². The van der Waals surface area contributed by atoms with E-state index >= 15 is 0 Å². The van der Waals surface area contributed by atoms with Crippen molar-refractivity contribution < 1.29 is 19.6 Å². The summed E-state index contributed by atoms with van der Waals surface area (Å²) in [6, 6.07) is 14.0. The Labute approximate surface area is 132 Å². The Bertz CT molecular complexity index is 786. The summed E-state index contributed by atoms with van der Waals surface area (Å²) in [6.45, 7) is 0. The zero-order valence-corrected chi connectivity index (χ0v) is 12.2. The zero-order valence-electron chi connectivity index (χ0n) is 12.2. The zero-order chi connectivity index (χ0) is 16.4. The largest absolute Gasteiger partial charge is 0.326 e. The molecule has 2 N–H and O–H groups in total. The fourth-order valence-corrected chi connectivity index (χ4v) is 2.46. The van der Waals surface area contributed by atoms with Gasteiger partial charge in [0.15, 0.2) is 0 Å². The first-order chi connectivity index (χ1) is 11.0. The summed E-state index contributed by atoms with van der Waals surface area (Å²) in [5.41, 5.74) is 2.07. The van der Waals surface area contributed by atoms with Crippen LogP contribution in [0.1, 0.15) is 21.5 Å². The number of anilines is 1. The molecule has 0 atom stereocenters. The quantitative estimate of drug-likeness (QED) is 0.668. The summed E-state index contributed by atoms with van der Waals surface area (Å²) in [7, 11) is 0. The van der Waals surface area contributed by atoms with Gasteiger partial charge < -0.3 is 5.32 Å². The Hall–Kier alpha value is -2.99. The first-order valence-corrected chi connectivity index (χ1v) is 7.07. The number of carbonyl (C=O) groups excluding carboxylic acids is 3. The highest BCUT2D eigenvalue weighted by Gasteiger charge is 2.30. The molecule has 6 heteroatoms. The highest BCUT2D eigenvalue weighted by molar-refractivity contribution is 6.09. The molecule has 0 fully saturated rings. The van der Waals surface area contributed by atoms with Crippen LogP contribution < -0.4 is 5.32 Å². The smallest absolute Gasteiger partial charge is 0.284 e. The average molecular weight is 310 g/mol. The SMILES string of the molecule is O=C(Cc1ccccc1)Nc1ccc2c(c1)C(=O)N(O)C(=O)C2. The number of benzene rings is 2. The van der Waals surface area contributed by atoms with E-state index in [4.69, 9.17) is 0 Å². The molecule has 1 aliphatic rings. The molecule has 3 rings (SSSR count). The van der Waals surface area contributed by atoms with Crippen LogP contribution in [-0.2, 0) is 22.4 Å². The number of carbonyl (C=O) groups is 3. The van der Waals surface area contributed by atoms with Crippen molar-refractivity contribution in [2.24, 2.45) is 0 Å². The molecule has 0 unspecified atom stereocenters. The van der Waals surface area contributed by atoms with Crippen LogP contribution >= 0.6 is 0 Å². The van der Waals surface area contributed by atoms with Gasteiger partial charge in [-0.2, -0.15) is 5.06 Å². The van der Waals surface area contributed by atoms with Crippen molar-refractivity contribution in [3.63, 3.8) is 0 Å². The van der Waals surface area contributed by atoms with E-state index in [2.05, 4.69) is 5.32 Å². The van der Waals surface area contributed by atoms with Crippen molar-refractivity contribution in [2.75, 3.05) is 5.32 Å². The molecule has 6 nitrogen and oxygen atoms in total. The predicted molar refractivity (Wildman–Crippen MR) is 81.9 cm³/mol. The lowest BCUT2D eigenvalue weighted by Crippen LogP contribution is -2.39. The first kappa shape index (κ1) is 14.9. The van der Waals surface area contributed by atoms with Crippen LogP contribution in [0.25, 0.3) is 0 Å². The number of fused-ring (bicyclic) bond motifs is 1. The fraction of sp³-hybridized carbons (Fsp3) is 0.118. The maximum Gasteiger partial charge on any atom is 0.284 e. The molecular weight excluding hydrogens is 296 g/mol. The van der Waals surface area contributed by atoms with Crippen LogP contribution in [0.4, 0.5) is 5.69 Å². The van der Waals surface area contributed by atoms with E-state index in [0.29, 0.717) is 11.3 Å².